The number of nitrogens with one attached hydrogen (secondary N) is 1. The minimum absolute atomic E-state index is 0.152. The predicted molar refractivity (Wildman–Crippen MR) is 135 cm³/mol. The molecule has 3 rings (SSSR count). The second-order valence-corrected chi connectivity index (χ2v) is 10.8. The summed E-state index contributed by atoms with van der Waals surface area (Å²) in [6.45, 7) is 1.92. The van der Waals surface area contributed by atoms with Crippen LogP contribution in [0.15, 0.2) is 77.3 Å². The number of halogens is 2. The van der Waals surface area contributed by atoms with Crippen LogP contribution in [-0.2, 0) is 21.4 Å². The molecule has 0 aliphatic rings. The van der Waals surface area contributed by atoms with Gasteiger partial charge in [-0.25, -0.2) is 8.42 Å². The lowest BCUT2D eigenvalue weighted by Crippen LogP contribution is -2.31. The maximum Gasteiger partial charge on any atom is 0.258 e. The number of anilines is 1. The molecular weight excluding hydrogens is 528 g/mol. The number of hydrogen-bond donors (Lipinski definition) is 1. The maximum absolute atomic E-state index is 12.4. The second kappa shape index (κ2) is 11.0. The van der Waals surface area contributed by atoms with Gasteiger partial charge >= 0.3 is 0 Å². The van der Waals surface area contributed by atoms with Gasteiger partial charge in [0.2, 0.25) is 10.0 Å². The number of benzene rings is 3. The number of sulfonamides is 1. The topological polar surface area (TPSA) is 75.7 Å². The van der Waals surface area contributed by atoms with Crippen LogP contribution < -0.4 is 14.4 Å². The second-order valence-electron chi connectivity index (χ2n) is 7.52. The van der Waals surface area contributed by atoms with E-state index in [0.29, 0.717) is 16.5 Å². The molecule has 0 aliphatic carbocycles. The Labute approximate surface area is 207 Å². The van der Waals surface area contributed by atoms with E-state index in [1.54, 1.807) is 48.5 Å². The summed E-state index contributed by atoms with van der Waals surface area (Å²) in [4.78, 5) is 12.3. The normalized spacial score (nSPS) is 12.1. The highest BCUT2D eigenvalue weighted by Crippen LogP contribution is 2.24. The van der Waals surface area contributed by atoms with Crippen molar-refractivity contribution >= 4 is 49.1 Å². The summed E-state index contributed by atoms with van der Waals surface area (Å²) in [6, 6.07) is 21.1. The van der Waals surface area contributed by atoms with Crippen molar-refractivity contribution in [2.24, 2.45) is 0 Å². The summed E-state index contributed by atoms with van der Waals surface area (Å²) in [5.41, 5.74) is 2.28. The Morgan fingerprint density at radius 3 is 2.21 bits per heavy atom. The fourth-order valence-electron chi connectivity index (χ4n) is 3.13. The summed E-state index contributed by atoms with van der Waals surface area (Å²) in [5, 5.41) is 3.48. The lowest BCUT2D eigenvalue weighted by Gasteiger charge is -2.23. The van der Waals surface area contributed by atoms with Gasteiger partial charge in [-0.2, -0.15) is 0 Å². The third-order valence-corrected chi connectivity index (χ3v) is 6.80. The first-order valence-corrected chi connectivity index (χ1v) is 13.1. The standard InChI is InChI=1S/C24H24BrClN2O4S/c1-17(19-5-7-20(25)8-6-19)27-24(29)16-32-23-13-11-22(12-14-23)28(33(2,30)31)15-18-3-9-21(26)10-4-18/h3-14,17H,15-16H2,1-2H3,(H,27,29). The number of ether oxygens (including phenoxy) is 1. The summed E-state index contributed by atoms with van der Waals surface area (Å²) < 4.78 is 32.6. The largest absolute Gasteiger partial charge is 0.484 e. The number of rotatable bonds is 9. The first kappa shape index (κ1) is 25.1. The lowest BCUT2D eigenvalue weighted by atomic mass is 10.1. The van der Waals surface area contributed by atoms with Crippen molar-refractivity contribution in [3.05, 3.63) is 93.4 Å². The van der Waals surface area contributed by atoms with E-state index in [9.17, 15) is 13.2 Å². The summed E-state index contributed by atoms with van der Waals surface area (Å²) in [6.07, 6.45) is 1.16. The lowest BCUT2D eigenvalue weighted by molar-refractivity contribution is -0.123. The Morgan fingerprint density at radius 1 is 1.03 bits per heavy atom. The predicted octanol–water partition coefficient (Wildman–Crippen LogP) is 5.32. The zero-order valence-corrected chi connectivity index (χ0v) is 21.3. The molecule has 3 aromatic rings. The van der Waals surface area contributed by atoms with Gasteiger partial charge in [0, 0.05) is 9.50 Å². The average molecular weight is 552 g/mol. The van der Waals surface area contributed by atoms with Gasteiger partial charge < -0.3 is 10.1 Å². The molecule has 1 N–H and O–H groups in total. The van der Waals surface area contributed by atoms with Crippen LogP contribution in [0.25, 0.3) is 0 Å². The van der Waals surface area contributed by atoms with E-state index in [2.05, 4.69) is 21.2 Å². The highest BCUT2D eigenvalue weighted by Gasteiger charge is 2.18. The van der Waals surface area contributed by atoms with Crippen molar-refractivity contribution in [1.29, 1.82) is 0 Å². The summed E-state index contributed by atoms with van der Waals surface area (Å²) in [7, 11) is -3.51. The molecule has 0 fully saturated rings. The van der Waals surface area contributed by atoms with Gasteiger partial charge in [-0.15, -0.1) is 0 Å². The Bertz CT molecular complexity index is 1180. The van der Waals surface area contributed by atoms with Gasteiger partial charge in [-0.3, -0.25) is 9.10 Å². The van der Waals surface area contributed by atoms with Gasteiger partial charge in [0.25, 0.3) is 5.91 Å². The zero-order chi connectivity index (χ0) is 24.0. The summed E-state index contributed by atoms with van der Waals surface area (Å²) in [5.74, 6) is 0.208. The molecule has 0 spiro atoms. The van der Waals surface area contributed by atoms with Crippen LogP contribution in [0.4, 0.5) is 5.69 Å². The number of nitrogens with zero attached hydrogens (tertiary/aromatic N) is 1. The van der Waals surface area contributed by atoms with Crippen LogP contribution in [0.3, 0.4) is 0 Å². The molecule has 0 saturated carbocycles. The van der Waals surface area contributed by atoms with Crippen LogP contribution in [-0.4, -0.2) is 27.2 Å². The van der Waals surface area contributed by atoms with E-state index >= 15 is 0 Å². The molecular formula is C24H24BrClN2O4S. The van der Waals surface area contributed by atoms with Crippen LogP contribution in [0.1, 0.15) is 24.1 Å². The van der Waals surface area contributed by atoms with Gasteiger partial charge in [-0.1, -0.05) is 51.8 Å². The molecule has 3 aromatic carbocycles. The maximum atomic E-state index is 12.4. The molecule has 0 aliphatic heterocycles. The molecule has 9 heteroatoms. The first-order valence-electron chi connectivity index (χ1n) is 10.1. The van der Waals surface area contributed by atoms with Gasteiger partial charge in [-0.05, 0) is 66.6 Å². The SMILES string of the molecule is CC(NC(=O)COc1ccc(N(Cc2ccc(Cl)cc2)S(C)(=O)=O)cc1)c1ccc(Br)cc1. The van der Waals surface area contributed by atoms with E-state index < -0.39 is 10.0 Å². The van der Waals surface area contributed by atoms with Gasteiger partial charge in [0.15, 0.2) is 6.61 Å². The molecule has 1 amide bonds. The Kier molecular flexibility index (Phi) is 8.40. The highest BCUT2D eigenvalue weighted by molar-refractivity contribution is 9.10. The number of hydrogen-bond acceptors (Lipinski definition) is 4. The van der Waals surface area contributed by atoms with Crippen LogP contribution in [0, 0.1) is 0 Å². The molecule has 0 aromatic heterocycles. The Hall–Kier alpha value is -2.55. The summed E-state index contributed by atoms with van der Waals surface area (Å²) >= 11 is 9.30. The Balaban J connectivity index is 1.60. The van der Waals surface area contributed by atoms with Crippen LogP contribution >= 0.6 is 27.5 Å². The van der Waals surface area contributed by atoms with Gasteiger partial charge in [0.1, 0.15) is 5.75 Å². The van der Waals surface area contributed by atoms with E-state index in [1.165, 1.54) is 4.31 Å². The zero-order valence-electron chi connectivity index (χ0n) is 18.2. The number of carbonyl (C=O) groups is 1. The van der Waals surface area contributed by atoms with E-state index in [0.717, 1.165) is 21.9 Å². The van der Waals surface area contributed by atoms with Crippen LogP contribution in [0.2, 0.25) is 5.02 Å². The minimum Gasteiger partial charge on any atom is -0.484 e. The molecule has 1 atom stereocenters. The number of carbonyl (C=O) groups excluding carboxylic acids is 1. The van der Waals surface area contributed by atoms with Crippen molar-refractivity contribution in [3.8, 4) is 5.75 Å². The van der Waals surface area contributed by atoms with Crippen molar-refractivity contribution in [3.63, 3.8) is 0 Å². The number of amides is 1. The quantitative estimate of drug-likeness (QED) is 0.390. The third kappa shape index (κ3) is 7.48. The minimum atomic E-state index is -3.51. The average Bonchev–Trinajstić information content (AvgIpc) is 2.77. The molecule has 33 heavy (non-hydrogen) atoms. The molecule has 1 unspecified atom stereocenters. The van der Waals surface area contributed by atoms with E-state index in [1.807, 2.05) is 31.2 Å². The van der Waals surface area contributed by atoms with Crippen molar-refractivity contribution in [2.75, 3.05) is 17.2 Å². The monoisotopic (exact) mass is 550 g/mol. The molecule has 6 nitrogen and oxygen atoms in total. The highest BCUT2D eigenvalue weighted by atomic mass is 79.9. The van der Waals surface area contributed by atoms with Crippen molar-refractivity contribution in [2.45, 2.75) is 19.5 Å². The molecule has 0 bridgehead atoms. The van der Waals surface area contributed by atoms with Crippen LogP contribution in [0.5, 0.6) is 5.75 Å². The molecule has 174 valence electrons. The van der Waals surface area contributed by atoms with Gasteiger partial charge in [0.05, 0.1) is 24.5 Å². The fraction of sp³-hybridized carbons (Fsp3) is 0.208. The van der Waals surface area contributed by atoms with Crippen molar-refractivity contribution < 1.29 is 17.9 Å². The fourth-order valence-corrected chi connectivity index (χ4v) is 4.41. The smallest absolute Gasteiger partial charge is 0.258 e. The van der Waals surface area contributed by atoms with Crippen molar-refractivity contribution in [1.82, 2.24) is 5.32 Å². The van der Waals surface area contributed by atoms with E-state index in [-0.39, 0.29) is 25.1 Å². The third-order valence-electron chi connectivity index (χ3n) is 4.88. The Morgan fingerprint density at radius 2 is 1.64 bits per heavy atom. The molecule has 0 saturated heterocycles. The van der Waals surface area contributed by atoms with E-state index in [4.69, 9.17) is 16.3 Å². The molecule has 0 heterocycles. The first-order chi connectivity index (χ1) is 15.6. The molecule has 0 radical (unpaired) electrons.